The second-order valence-electron chi connectivity index (χ2n) is 3.88. The van der Waals surface area contributed by atoms with E-state index in [0.29, 0.717) is 23.9 Å². The fourth-order valence-corrected chi connectivity index (χ4v) is 1.57. The maximum atomic E-state index is 5.35. The summed E-state index contributed by atoms with van der Waals surface area (Å²) in [5.41, 5.74) is 0.795. The lowest BCUT2D eigenvalue weighted by molar-refractivity contribution is 0.410. The first-order chi connectivity index (χ1) is 9.35. The number of nitrogens with one attached hydrogen (secondary N) is 2. The van der Waals surface area contributed by atoms with Gasteiger partial charge in [-0.05, 0) is 6.42 Å². The minimum absolute atomic E-state index is 0.511. The van der Waals surface area contributed by atoms with Crippen LogP contribution in [0.1, 0.15) is 19.0 Å². The summed E-state index contributed by atoms with van der Waals surface area (Å²) in [7, 11) is 1.59. The molecule has 19 heavy (non-hydrogen) atoms. The van der Waals surface area contributed by atoms with Gasteiger partial charge in [0, 0.05) is 12.6 Å². The summed E-state index contributed by atoms with van der Waals surface area (Å²) in [6, 6.07) is 1.79. The molecule has 0 radical (unpaired) electrons. The monoisotopic (exact) mass is 263 g/mol. The third kappa shape index (κ3) is 3.34. The molecule has 0 saturated heterocycles. The van der Waals surface area contributed by atoms with Crippen molar-refractivity contribution in [2.24, 2.45) is 0 Å². The zero-order chi connectivity index (χ0) is 13.5. The molecule has 0 saturated carbocycles. The van der Waals surface area contributed by atoms with Crippen molar-refractivity contribution in [2.45, 2.75) is 19.9 Å². The molecule has 0 atom stereocenters. The summed E-state index contributed by atoms with van der Waals surface area (Å²) in [4.78, 5) is 8.34. The highest BCUT2D eigenvalue weighted by atomic mass is 16.5. The first-order valence-corrected chi connectivity index (χ1v) is 6.11. The quantitative estimate of drug-likeness (QED) is 0.789. The SMILES string of the molecule is CCCNc1ncnc(NCc2ccon2)c1OC. The maximum Gasteiger partial charge on any atom is 0.204 e. The summed E-state index contributed by atoms with van der Waals surface area (Å²) in [6.45, 7) is 3.43. The summed E-state index contributed by atoms with van der Waals surface area (Å²) < 4.78 is 10.1. The Morgan fingerprint density at radius 2 is 2.05 bits per heavy atom. The molecule has 2 aromatic rings. The van der Waals surface area contributed by atoms with Crippen molar-refractivity contribution in [2.75, 3.05) is 24.3 Å². The first-order valence-electron chi connectivity index (χ1n) is 6.11. The average molecular weight is 263 g/mol. The topological polar surface area (TPSA) is 85.1 Å². The minimum Gasteiger partial charge on any atom is -0.490 e. The van der Waals surface area contributed by atoms with Gasteiger partial charge in [-0.3, -0.25) is 0 Å². The predicted molar refractivity (Wildman–Crippen MR) is 71.2 cm³/mol. The van der Waals surface area contributed by atoms with E-state index in [9.17, 15) is 0 Å². The van der Waals surface area contributed by atoms with Crippen LogP contribution in [0.2, 0.25) is 0 Å². The van der Waals surface area contributed by atoms with Crippen LogP contribution in [-0.4, -0.2) is 28.8 Å². The number of nitrogens with zero attached hydrogens (tertiary/aromatic N) is 3. The molecule has 102 valence electrons. The van der Waals surface area contributed by atoms with Crippen LogP contribution in [0.5, 0.6) is 5.75 Å². The Kier molecular flexibility index (Phi) is 4.54. The van der Waals surface area contributed by atoms with Gasteiger partial charge in [-0.2, -0.15) is 0 Å². The second kappa shape index (κ2) is 6.58. The molecule has 2 heterocycles. The maximum absolute atomic E-state index is 5.35. The smallest absolute Gasteiger partial charge is 0.204 e. The van der Waals surface area contributed by atoms with E-state index in [4.69, 9.17) is 9.26 Å². The standard InChI is InChI=1S/C12H17N5O2/c1-3-5-13-11-10(18-2)12(16-8-15-11)14-7-9-4-6-19-17-9/h4,6,8H,3,5,7H2,1-2H3,(H2,13,14,15,16). The molecular formula is C12H17N5O2. The Balaban J connectivity index is 2.10. The fourth-order valence-electron chi connectivity index (χ4n) is 1.57. The van der Waals surface area contributed by atoms with E-state index < -0.39 is 0 Å². The van der Waals surface area contributed by atoms with Gasteiger partial charge in [-0.15, -0.1) is 0 Å². The van der Waals surface area contributed by atoms with Gasteiger partial charge in [-0.25, -0.2) is 9.97 Å². The Bertz CT molecular complexity index is 501. The van der Waals surface area contributed by atoms with Crippen molar-refractivity contribution in [3.8, 4) is 5.75 Å². The van der Waals surface area contributed by atoms with Crippen LogP contribution in [-0.2, 0) is 6.54 Å². The Morgan fingerprint density at radius 1 is 1.26 bits per heavy atom. The Morgan fingerprint density at radius 3 is 2.68 bits per heavy atom. The van der Waals surface area contributed by atoms with Crippen LogP contribution in [0, 0.1) is 0 Å². The van der Waals surface area contributed by atoms with Crippen molar-refractivity contribution in [3.05, 3.63) is 24.4 Å². The molecule has 2 N–H and O–H groups in total. The Hall–Kier alpha value is -2.31. The van der Waals surface area contributed by atoms with E-state index >= 15 is 0 Å². The molecule has 0 aliphatic carbocycles. The third-order valence-electron chi connectivity index (χ3n) is 2.48. The van der Waals surface area contributed by atoms with Crippen LogP contribution in [0.25, 0.3) is 0 Å². The van der Waals surface area contributed by atoms with Gasteiger partial charge in [0.15, 0.2) is 11.6 Å². The van der Waals surface area contributed by atoms with Crippen molar-refractivity contribution in [1.82, 2.24) is 15.1 Å². The molecular weight excluding hydrogens is 246 g/mol. The number of hydrogen-bond acceptors (Lipinski definition) is 7. The fraction of sp³-hybridized carbons (Fsp3) is 0.417. The Labute approximate surface area is 111 Å². The second-order valence-corrected chi connectivity index (χ2v) is 3.88. The molecule has 0 amide bonds. The lowest BCUT2D eigenvalue weighted by Crippen LogP contribution is -2.09. The minimum atomic E-state index is 0.511. The van der Waals surface area contributed by atoms with Gasteiger partial charge in [0.1, 0.15) is 18.3 Å². The lowest BCUT2D eigenvalue weighted by atomic mass is 10.4. The molecule has 7 nitrogen and oxygen atoms in total. The summed E-state index contributed by atoms with van der Waals surface area (Å²) in [5, 5.41) is 10.2. The molecule has 7 heteroatoms. The summed E-state index contributed by atoms with van der Waals surface area (Å²) in [5.74, 6) is 1.90. The summed E-state index contributed by atoms with van der Waals surface area (Å²) in [6.07, 6.45) is 4.03. The van der Waals surface area contributed by atoms with Crippen molar-refractivity contribution < 1.29 is 9.26 Å². The van der Waals surface area contributed by atoms with Gasteiger partial charge in [0.2, 0.25) is 5.75 Å². The zero-order valence-corrected chi connectivity index (χ0v) is 11.0. The molecule has 2 rings (SSSR count). The van der Waals surface area contributed by atoms with Gasteiger partial charge >= 0.3 is 0 Å². The van der Waals surface area contributed by atoms with Crippen LogP contribution in [0.15, 0.2) is 23.2 Å². The molecule has 0 unspecified atom stereocenters. The van der Waals surface area contributed by atoms with E-state index in [2.05, 4.69) is 32.7 Å². The highest BCUT2D eigenvalue weighted by molar-refractivity contribution is 5.63. The van der Waals surface area contributed by atoms with E-state index in [-0.39, 0.29) is 0 Å². The third-order valence-corrected chi connectivity index (χ3v) is 2.48. The van der Waals surface area contributed by atoms with Gasteiger partial charge in [0.25, 0.3) is 0 Å². The number of hydrogen-bond donors (Lipinski definition) is 2. The van der Waals surface area contributed by atoms with Crippen LogP contribution >= 0.6 is 0 Å². The van der Waals surface area contributed by atoms with Crippen LogP contribution < -0.4 is 15.4 Å². The molecule has 0 aromatic carbocycles. The highest BCUT2D eigenvalue weighted by Gasteiger charge is 2.11. The molecule has 0 spiro atoms. The van der Waals surface area contributed by atoms with Gasteiger partial charge in [0.05, 0.1) is 13.7 Å². The molecule has 2 aromatic heterocycles. The van der Waals surface area contributed by atoms with E-state index in [1.165, 1.54) is 12.6 Å². The zero-order valence-electron chi connectivity index (χ0n) is 11.0. The molecule has 0 aliphatic heterocycles. The highest BCUT2D eigenvalue weighted by Crippen LogP contribution is 2.29. The molecule has 0 bridgehead atoms. The predicted octanol–water partition coefficient (Wildman–Crippen LogP) is 1.91. The normalized spacial score (nSPS) is 10.2. The van der Waals surface area contributed by atoms with Crippen molar-refractivity contribution in [1.29, 1.82) is 0 Å². The van der Waals surface area contributed by atoms with Gasteiger partial charge < -0.3 is 19.9 Å². The number of methoxy groups -OCH3 is 1. The van der Waals surface area contributed by atoms with Crippen LogP contribution in [0.3, 0.4) is 0 Å². The number of rotatable bonds is 7. The first kappa shape index (κ1) is 13.1. The lowest BCUT2D eigenvalue weighted by Gasteiger charge is -2.13. The molecule has 0 fully saturated rings. The van der Waals surface area contributed by atoms with E-state index in [0.717, 1.165) is 18.7 Å². The number of ether oxygens (including phenoxy) is 1. The number of aromatic nitrogens is 3. The van der Waals surface area contributed by atoms with Gasteiger partial charge in [-0.1, -0.05) is 12.1 Å². The van der Waals surface area contributed by atoms with Crippen molar-refractivity contribution >= 4 is 11.6 Å². The van der Waals surface area contributed by atoms with Crippen LogP contribution in [0.4, 0.5) is 11.6 Å². The average Bonchev–Trinajstić information content (AvgIpc) is 2.96. The van der Waals surface area contributed by atoms with E-state index in [1.807, 2.05) is 0 Å². The largest absolute Gasteiger partial charge is 0.490 e. The van der Waals surface area contributed by atoms with Crippen molar-refractivity contribution in [3.63, 3.8) is 0 Å². The van der Waals surface area contributed by atoms with E-state index in [1.54, 1.807) is 13.2 Å². The number of anilines is 2. The summed E-state index contributed by atoms with van der Waals surface area (Å²) >= 11 is 0. The molecule has 0 aliphatic rings.